The quantitative estimate of drug-likeness (QED) is 0.324. The Kier molecular flexibility index (Phi) is 5.22. The third-order valence-electron chi connectivity index (χ3n) is 5.75. The Labute approximate surface area is 190 Å². The molecule has 7 heteroatoms. The maximum Gasteiger partial charge on any atom is 0.359 e. The molecule has 164 valence electrons. The molecule has 0 bridgehead atoms. The van der Waals surface area contributed by atoms with Crippen molar-refractivity contribution in [1.29, 1.82) is 0 Å². The zero-order chi connectivity index (χ0) is 22.9. The van der Waals surface area contributed by atoms with E-state index in [-0.39, 0.29) is 17.3 Å². The van der Waals surface area contributed by atoms with Gasteiger partial charge in [0.15, 0.2) is 6.04 Å². The number of aromatic hydroxyl groups is 1. The number of benzene rings is 3. The minimum absolute atomic E-state index is 0.0591. The van der Waals surface area contributed by atoms with Crippen LogP contribution in [0.1, 0.15) is 21.6 Å². The number of halogens is 1. The van der Waals surface area contributed by atoms with E-state index < -0.39 is 11.9 Å². The zero-order valence-electron chi connectivity index (χ0n) is 17.7. The molecule has 1 unspecified atom stereocenters. The van der Waals surface area contributed by atoms with Gasteiger partial charge >= 0.3 is 11.7 Å². The molecule has 1 aliphatic rings. The number of hydrogen-bond acceptors (Lipinski definition) is 5. The lowest BCUT2D eigenvalue weighted by Crippen LogP contribution is -2.44. The normalized spacial score (nSPS) is 14.7. The number of phenolic OH excluding ortho intramolecular Hbond substituents is 1. The molecule has 1 atom stereocenters. The number of carbonyl (C=O) groups excluding carboxylic acids is 1. The Morgan fingerprint density at radius 1 is 1.03 bits per heavy atom. The van der Waals surface area contributed by atoms with E-state index in [4.69, 9.17) is 10.7 Å². The molecule has 1 aromatic heterocycles. The van der Waals surface area contributed by atoms with E-state index in [0.29, 0.717) is 35.6 Å². The number of nitrogens with two attached hydrogens (primary N) is 1. The van der Waals surface area contributed by atoms with Gasteiger partial charge in [-0.05, 0) is 35.4 Å². The van der Waals surface area contributed by atoms with Crippen LogP contribution in [0.4, 0.5) is 15.9 Å². The lowest BCUT2D eigenvalue weighted by atomic mass is 10.1. The summed E-state index contributed by atoms with van der Waals surface area (Å²) in [6.07, 6.45) is 2.60. The molecular weight excluding hydrogens is 419 g/mol. The maximum absolute atomic E-state index is 14.1. The molecule has 0 spiro atoms. The van der Waals surface area contributed by atoms with E-state index in [2.05, 4.69) is 5.32 Å². The summed E-state index contributed by atoms with van der Waals surface area (Å²) >= 11 is 0. The van der Waals surface area contributed by atoms with E-state index in [9.17, 15) is 14.3 Å². The molecule has 3 aromatic carbocycles. The molecule has 4 N–H and O–H groups in total. The zero-order valence-corrected chi connectivity index (χ0v) is 17.7. The molecular formula is C26H22FN4O2+. The molecule has 33 heavy (non-hydrogen) atoms. The first-order valence-corrected chi connectivity index (χ1v) is 10.6. The highest BCUT2D eigenvalue weighted by atomic mass is 19.1. The third-order valence-corrected chi connectivity index (χ3v) is 5.75. The summed E-state index contributed by atoms with van der Waals surface area (Å²) in [5.41, 5.74) is 9.38. The van der Waals surface area contributed by atoms with Crippen LogP contribution in [0.3, 0.4) is 0 Å². The Morgan fingerprint density at radius 3 is 2.52 bits per heavy atom. The van der Waals surface area contributed by atoms with Gasteiger partial charge in [-0.3, -0.25) is 5.32 Å². The van der Waals surface area contributed by atoms with Crippen molar-refractivity contribution in [1.82, 2.24) is 4.98 Å². The molecule has 0 saturated heterocycles. The first-order chi connectivity index (χ1) is 16.0. The highest BCUT2D eigenvalue weighted by Crippen LogP contribution is 2.26. The van der Waals surface area contributed by atoms with Crippen LogP contribution in [0.5, 0.6) is 5.75 Å². The second-order valence-corrected chi connectivity index (χ2v) is 8.10. The smallest absolute Gasteiger partial charge is 0.359 e. The Bertz CT molecular complexity index is 1340. The second-order valence-electron chi connectivity index (χ2n) is 8.10. The predicted octanol–water partition coefficient (Wildman–Crippen LogP) is 3.73. The SMILES string of the molecule is Nc1ccc(-c2c[n+]3c(c(Cc4ccccc4)n2)NC(Cc2ccc(O)cc2)C3=O)cc1F. The molecule has 6 nitrogen and oxygen atoms in total. The summed E-state index contributed by atoms with van der Waals surface area (Å²) < 4.78 is 15.7. The van der Waals surface area contributed by atoms with E-state index >= 15 is 0 Å². The van der Waals surface area contributed by atoms with Gasteiger partial charge in [0, 0.05) is 18.4 Å². The van der Waals surface area contributed by atoms with Crippen molar-refractivity contribution < 1.29 is 18.9 Å². The van der Waals surface area contributed by atoms with E-state index in [0.717, 1.165) is 11.1 Å². The number of anilines is 2. The minimum Gasteiger partial charge on any atom is -0.508 e. The molecule has 1 aliphatic heterocycles. The first-order valence-electron chi connectivity index (χ1n) is 10.6. The van der Waals surface area contributed by atoms with Crippen molar-refractivity contribution in [2.75, 3.05) is 11.1 Å². The number of nitrogens with zero attached hydrogens (tertiary/aromatic N) is 2. The summed E-state index contributed by atoms with van der Waals surface area (Å²) in [7, 11) is 0. The summed E-state index contributed by atoms with van der Waals surface area (Å²) in [6, 6.07) is 20.7. The van der Waals surface area contributed by atoms with Gasteiger partial charge < -0.3 is 10.8 Å². The standard InChI is InChI=1S/C26H21FN4O2/c27-20-14-18(8-11-21(20)28)24-15-31-25(22(29-24)12-16-4-2-1-3-5-16)30-23(26(31)33)13-17-6-9-19(32)10-7-17/h1-11,14-15,23,32H,12-13,28H2/p+1. The van der Waals surface area contributed by atoms with Gasteiger partial charge in [-0.25, -0.2) is 14.2 Å². The Balaban J connectivity index is 1.55. The van der Waals surface area contributed by atoms with Crippen molar-refractivity contribution >= 4 is 17.4 Å². The number of carbonyl (C=O) groups is 1. The number of phenols is 1. The van der Waals surface area contributed by atoms with E-state index in [1.54, 1.807) is 41.1 Å². The molecule has 2 heterocycles. The van der Waals surface area contributed by atoms with Crippen LogP contribution in [0.25, 0.3) is 11.3 Å². The molecule has 0 amide bonds. The highest BCUT2D eigenvalue weighted by molar-refractivity contribution is 5.83. The lowest BCUT2D eigenvalue weighted by Gasteiger charge is -2.08. The number of nitrogen functional groups attached to an aromatic ring is 1. The van der Waals surface area contributed by atoms with E-state index in [1.807, 2.05) is 30.3 Å². The second kappa shape index (κ2) is 8.35. The fourth-order valence-electron chi connectivity index (χ4n) is 4.02. The summed E-state index contributed by atoms with van der Waals surface area (Å²) in [6.45, 7) is 0. The van der Waals surface area contributed by atoms with Gasteiger partial charge in [0.1, 0.15) is 29.2 Å². The van der Waals surface area contributed by atoms with Crippen molar-refractivity contribution in [3.63, 3.8) is 0 Å². The summed E-state index contributed by atoms with van der Waals surface area (Å²) in [4.78, 5) is 18.1. The van der Waals surface area contributed by atoms with Crippen LogP contribution in [-0.4, -0.2) is 22.0 Å². The molecule has 0 radical (unpaired) electrons. The fourth-order valence-corrected chi connectivity index (χ4v) is 4.02. The van der Waals surface area contributed by atoms with Gasteiger partial charge in [-0.15, -0.1) is 0 Å². The van der Waals surface area contributed by atoms with E-state index in [1.165, 1.54) is 12.1 Å². The lowest BCUT2D eigenvalue weighted by molar-refractivity contribution is -0.552. The topological polar surface area (TPSA) is 92.1 Å². The van der Waals surface area contributed by atoms with Crippen LogP contribution in [0.2, 0.25) is 0 Å². The predicted molar refractivity (Wildman–Crippen MR) is 123 cm³/mol. The summed E-state index contributed by atoms with van der Waals surface area (Å²) in [5, 5.41) is 12.9. The van der Waals surface area contributed by atoms with Gasteiger partial charge in [0.2, 0.25) is 0 Å². The molecule has 0 saturated carbocycles. The number of fused-ring (bicyclic) bond motifs is 1. The first kappa shape index (κ1) is 20.6. The van der Waals surface area contributed by atoms with Crippen molar-refractivity contribution in [3.8, 4) is 17.0 Å². The van der Waals surface area contributed by atoms with Crippen molar-refractivity contribution in [2.45, 2.75) is 18.9 Å². The number of hydrogen-bond donors (Lipinski definition) is 3. The van der Waals surface area contributed by atoms with Gasteiger partial charge in [0.25, 0.3) is 0 Å². The number of nitrogens with one attached hydrogen (secondary N) is 1. The minimum atomic E-state index is -0.529. The van der Waals surface area contributed by atoms with Gasteiger partial charge in [0.05, 0.1) is 5.69 Å². The largest absolute Gasteiger partial charge is 0.508 e. The van der Waals surface area contributed by atoms with Crippen molar-refractivity contribution in [3.05, 3.63) is 102 Å². The fraction of sp³-hybridized carbons (Fsp3) is 0.115. The van der Waals surface area contributed by atoms with Crippen LogP contribution in [0.15, 0.2) is 79.0 Å². The van der Waals surface area contributed by atoms with Crippen LogP contribution in [-0.2, 0) is 12.8 Å². The Hall–Kier alpha value is -4.26. The monoisotopic (exact) mass is 441 g/mol. The number of rotatable bonds is 5. The number of aromatic nitrogens is 2. The molecule has 5 rings (SSSR count). The van der Waals surface area contributed by atoms with Crippen LogP contribution >= 0.6 is 0 Å². The molecule has 0 aliphatic carbocycles. The van der Waals surface area contributed by atoms with Gasteiger partial charge in [-0.2, -0.15) is 4.57 Å². The van der Waals surface area contributed by atoms with Crippen LogP contribution in [0, 0.1) is 5.82 Å². The average Bonchev–Trinajstić information content (AvgIpc) is 3.13. The molecule has 4 aromatic rings. The van der Waals surface area contributed by atoms with Crippen LogP contribution < -0.4 is 15.6 Å². The maximum atomic E-state index is 14.1. The van der Waals surface area contributed by atoms with Gasteiger partial charge in [-0.1, -0.05) is 48.5 Å². The van der Waals surface area contributed by atoms with Crippen molar-refractivity contribution in [2.24, 2.45) is 0 Å². The summed E-state index contributed by atoms with van der Waals surface area (Å²) in [5.74, 6) is 0.162. The Morgan fingerprint density at radius 2 is 1.79 bits per heavy atom. The molecule has 0 fully saturated rings. The highest BCUT2D eigenvalue weighted by Gasteiger charge is 2.41. The third kappa shape index (κ3) is 4.13. The average molecular weight is 441 g/mol.